The van der Waals surface area contributed by atoms with Gasteiger partial charge in [-0.15, -0.1) is 0 Å². The summed E-state index contributed by atoms with van der Waals surface area (Å²) in [6.07, 6.45) is 0. The molecule has 1 atom stereocenters. The number of benzene rings is 3. The van der Waals surface area contributed by atoms with Crippen molar-refractivity contribution < 1.29 is 17.9 Å². The molecule has 8 heteroatoms. The third-order valence-corrected chi connectivity index (χ3v) is 7.13. The van der Waals surface area contributed by atoms with Gasteiger partial charge in [-0.3, -0.25) is 4.79 Å². The van der Waals surface area contributed by atoms with Crippen LogP contribution in [0, 0.1) is 0 Å². The summed E-state index contributed by atoms with van der Waals surface area (Å²) in [6.45, 7) is 3.18. The van der Waals surface area contributed by atoms with Gasteiger partial charge in [0.05, 0.1) is 18.1 Å². The Morgan fingerprint density at radius 2 is 1.68 bits per heavy atom. The Balaban J connectivity index is 1.44. The normalized spacial score (nSPS) is 16.0. The molecule has 0 saturated carbocycles. The first-order valence-electron chi connectivity index (χ1n) is 10.2. The van der Waals surface area contributed by atoms with E-state index in [0.717, 1.165) is 16.5 Å². The zero-order valence-corrected chi connectivity index (χ0v) is 18.1. The highest BCUT2D eigenvalue weighted by Gasteiger charge is 2.26. The largest absolute Gasteiger partial charge is 0.379 e. The van der Waals surface area contributed by atoms with Crippen molar-refractivity contribution in [1.29, 1.82) is 0 Å². The van der Waals surface area contributed by atoms with E-state index in [1.807, 2.05) is 42.5 Å². The number of nitrogens with one attached hydrogen (secondary N) is 2. The molecule has 0 aliphatic carbocycles. The molecule has 0 bridgehead atoms. The van der Waals surface area contributed by atoms with Crippen LogP contribution in [0.3, 0.4) is 0 Å². The van der Waals surface area contributed by atoms with E-state index < -0.39 is 16.1 Å². The lowest BCUT2D eigenvalue weighted by Gasteiger charge is -2.26. The first-order chi connectivity index (χ1) is 14.9. The molecule has 1 saturated heterocycles. The molecular formula is C23H25N3O4S. The Morgan fingerprint density at radius 1 is 0.935 bits per heavy atom. The Hall–Kier alpha value is -2.94. The van der Waals surface area contributed by atoms with E-state index in [-0.39, 0.29) is 10.8 Å². The van der Waals surface area contributed by atoms with Crippen LogP contribution in [0.4, 0.5) is 11.4 Å². The summed E-state index contributed by atoms with van der Waals surface area (Å²) >= 11 is 0. The van der Waals surface area contributed by atoms with E-state index in [4.69, 9.17) is 4.74 Å². The minimum atomic E-state index is -3.62. The first-order valence-corrected chi connectivity index (χ1v) is 11.6. The Kier molecular flexibility index (Phi) is 6.22. The third-order valence-electron chi connectivity index (χ3n) is 5.24. The number of amides is 1. The molecule has 0 spiro atoms. The van der Waals surface area contributed by atoms with Gasteiger partial charge in [0.1, 0.15) is 6.04 Å². The molecule has 1 heterocycles. The predicted octanol–water partition coefficient (Wildman–Crippen LogP) is 3.30. The number of hydrogen-bond donors (Lipinski definition) is 2. The zero-order valence-electron chi connectivity index (χ0n) is 17.2. The predicted molar refractivity (Wildman–Crippen MR) is 122 cm³/mol. The minimum absolute atomic E-state index is 0.155. The van der Waals surface area contributed by atoms with Gasteiger partial charge in [0, 0.05) is 24.5 Å². The summed E-state index contributed by atoms with van der Waals surface area (Å²) in [5.41, 5.74) is 1.27. The lowest BCUT2D eigenvalue weighted by Crippen LogP contribution is -2.40. The Labute approximate surface area is 182 Å². The van der Waals surface area contributed by atoms with Crippen molar-refractivity contribution in [1.82, 2.24) is 4.31 Å². The van der Waals surface area contributed by atoms with Crippen molar-refractivity contribution in [3.05, 3.63) is 66.7 Å². The van der Waals surface area contributed by atoms with Gasteiger partial charge in [-0.1, -0.05) is 36.4 Å². The SMILES string of the molecule is C[C@H](Nc1ccc2ccccc2c1)C(=O)Nc1cccc(S(=O)(=O)N2CCOCC2)c1. The molecule has 0 aromatic heterocycles. The van der Waals surface area contributed by atoms with Crippen molar-refractivity contribution in [3.8, 4) is 0 Å². The monoisotopic (exact) mass is 439 g/mol. The summed E-state index contributed by atoms with van der Waals surface area (Å²) < 4.78 is 32.3. The van der Waals surface area contributed by atoms with Crippen molar-refractivity contribution in [2.75, 3.05) is 36.9 Å². The molecule has 3 aromatic rings. The summed E-state index contributed by atoms with van der Waals surface area (Å²) in [5.74, 6) is -0.255. The average Bonchev–Trinajstić information content (AvgIpc) is 2.79. The number of nitrogens with zero attached hydrogens (tertiary/aromatic N) is 1. The zero-order chi connectivity index (χ0) is 21.8. The molecule has 3 aromatic carbocycles. The quantitative estimate of drug-likeness (QED) is 0.615. The van der Waals surface area contributed by atoms with Crippen LogP contribution in [0.1, 0.15) is 6.92 Å². The highest BCUT2D eigenvalue weighted by atomic mass is 32.2. The molecule has 1 aliphatic heterocycles. The molecule has 162 valence electrons. The number of rotatable bonds is 6. The maximum Gasteiger partial charge on any atom is 0.246 e. The van der Waals surface area contributed by atoms with Crippen LogP contribution in [0.2, 0.25) is 0 Å². The summed E-state index contributed by atoms with van der Waals surface area (Å²) in [7, 11) is -3.62. The number of sulfonamides is 1. The molecule has 31 heavy (non-hydrogen) atoms. The van der Waals surface area contributed by atoms with Gasteiger partial charge in [0.2, 0.25) is 15.9 Å². The fraction of sp³-hybridized carbons (Fsp3) is 0.261. The fourth-order valence-electron chi connectivity index (χ4n) is 3.52. The van der Waals surface area contributed by atoms with Gasteiger partial charge in [0.25, 0.3) is 0 Å². The van der Waals surface area contributed by atoms with E-state index in [2.05, 4.69) is 10.6 Å². The molecule has 1 amide bonds. The average molecular weight is 440 g/mol. The number of carbonyl (C=O) groups is 1. The number of ether oxygens (including phenoxy) is 1. The smallest absolute Gasteiger partial charge is 0.246 e. The highest BCUT2D eigenvalue weighted by molar-refractivity contribution is 7.89. The fourth-order valence-corrected chi connectivity index (χ4v) is 4.97. The van der Waals surface area contributed by atoms with Gasteiger partial charge in [0.15, 0.2) is 0 Å². The van der Waals surface area contributed by atoms with E-state index in [1.54, 1.807) is 19.1 Å². The second-order valence-electron chi connectivity index (χ2n) is 7.46. The molecule has 1 aliphatic rings. The van der Waals surface area contributed by atoms with Crippen LogP contribution in [0.15, 0.2) is 71.6 Å². The Morgan fingerprint density at radius 3 is 2.45 bits per heavy atom. The first kappa shape index (κ1) is 21.3. The van der Waals surface area contributed by atoms with Gasteiger partial charge in [-0.2, -0.15) is 4.31 Å². The van der Waals surface area contributed by atoms with E-state index in [1.165, 1.54) is 16.4 Å². The van der Waals surface area contributed by atoms with Crippen LogP contribution >= 0.6 is 0 Å². The summed E-state index contributed by atoms with van der Waals surface area (Å²) in [4.78, 5) is 12.8. The van der Waals surface area contributed by atoms with Crippen LogP contribution in [0.5, 0.6) is 0 Å². The molecule has 4 rings (SSSR count). The molecule has 1 fully saturated rings. The van der Waals surface area contributed by atoms with Crippen LogP contribution in [-0.2, 0) is 19.6 Å². The topological polar surface area (TPSA) is 87.7 Å². The van der Waals surface area contributed by atoms with E-state index in [0.29, 0.717) is 32.0 Å². The number of carbonyl (C=O) groups excluding carboxylic acids is 1. The number of fused-ring (bicyclic) bond motifs is 1. The standard InChI is InChI=1S/C23H25N3O4S/c1-17(24-21-10-9-18-5-2-3-6-19(18)15-21)23(27)25-20-7-4-8-22(16-20)31(28,29)26-11-13-30-14-12-26/h2-10,15-17,24H,11-14H2,1H3,(H,25,27)/t17-/m0/s1. The van der Waals surface area contributed by atoms with E-state index in [9.17, 15) is 13.2 Å². The van der Waals surface area contributed by atoms with Gasteiger partial charge >= 0.3 is 0 Å². The lowest BCUT2D eigenvalue weighted by atomic mass is 10.1. The van der Waals surface area contributed by atoms with Crippen molar-refractivity contribution in [2.45, 2.75) is 17.9 Å². The number of hydrogen-bond acceptors (Lipinski definition) is 5. The lowest BCUT2D eigenvalue weighted by molar-refractivity contribution is -0.116. The van der Waals surface area contributed by atoms with Crippen LogP contribution in [0.25, 0.3) is 10.8 Å². The van der Waals surface area contributed by atoms with Crippen LogP contribution in [-0.4, -0.2) is 51.0 Å². The molecule has 7 nitrogen and oxygen atoms in total. The Bertz CT molecular complexity index is 1190. The molecular weight excluding hydrogens is 414 g/mol. The van der Waals surface area contributed by atoms with Crippen molar-refractivity contribution >= 4 is 38.1 Å². The van der Waals surface area contributed by atoms with Gasteiger partial charge in [-0.05, 0) is 48.0 Å². The van der Waals surface area contributed by atoms with E-state index >= 15 is 0 Å². The molecule has 0 radical (unpaired) electrons. The van der Waals surface area contributed by atoms with Crippen molar-refractivity contribution in [2.24, 2.45) is 0 Å². The molecule has 0 unspecified atom stereocenters. The van der Waals surface area contributed by atoms with Crippen LogP contribution < -0.4 is 10.6 Å². The number of anilines is 2. The maximum absolute atomic E-state index is 12.9. The summed E-state index contributed by atoms with van der Waals surface area (Å²) in [6, 6.07) is 19.8. The third kappa shape index (κ3) is 4.87. The maximum atomic E-state index is 12.9. The molecule has 2 N–H and O–H groups in total. The second kappa shape index (κ2) is 9.05. The minimum Gasteiger partial charge on any atom is -0.379 e. The highest BCUT2D eigenvalue weighted by Crippen LogP contribution is 2.22. The second-order valence-corrected chi connectivity index (χ2v) is 9.40. The van der Waals surface area contributed by atoms with Gasteiger partial charge in [-0.25, -0.2) is 8.42 Å². The van der Waals surface area contributed by atoms with Crippen molar-refractivity contribution in [3.63, 3.8) is 0 Å². The van der Waals surface area contributed by atoms with Gasteiger partial charge < -0.3 is 15.4 Å². The number of morpholine rings is 1. The summed E-state index contributed by atoms with van der Waals surface area (Å²) in [5, 5.41) is 8.22.